The van der Waals surface area contributed by atoms with E-state index < -0.39 is 7.12 Å². The second-order valence-electron chi connectivity index (χ2n) is 7.35. The zero-order valence-electron chi connectivity index (χ0n) is 13.8. The summed E-state index contributed by atoms with van der Waals surface area (Å²) in [5.41, 5.74) is -0.136. The van der Waals surface area contributed by atoms with Crippen LogP contribution in [0.15, 0.2) is 16.7 Å². The van der Waals surface area contributed by atoms with Crippen molar-refractivity contribution in [2.75, 3.05) is 0 Å². The average Bonchev–Trinajstić information content (AvgIpc) is 2.45. The van der Waals surface area contributed by atoms with Gasteiger partial charge in [-0.3, -0.25) is 0 Å². The maximum atomic E-state index is 6.04. The van der Waals surface area contributed by atoms with Crippen LogP contribution in [0.4, 0.5) is 0 Å². The fraction of sp³-hybridized carbons (Fsp3) is 0.667. The number of rotatable bonds is 2. The standard InChI is InChI=1S/C15H23BBrNO3/c1-13(2,3)19-12-8-11(17)10(9-18-12)16-20-14(4,5)15(6,7)21-16/h8-9H,1-7H3. The molecule has 116 valence electrons. The lowest BCUT2D eigenvalue weighted by molar-refractivity contribution is 0.00578. The Morgan fingerprint density at radius 2 is 1.67 bits per heavy atom. The van der Waals surface area contributed by atoms with E-state index >= 15 is 0 Å². The molecule has 1 aromatic heterocycles. The number of ether oxygens (including phenoxy) is 1. The Kier molecular flexibility index (Phi) is 4.19. The molecule has 0 atom stereocenters. The molecule has 4 nitrogen and oxygen atoms in total. The molecule has 0 radical (unpaired) electrons. The van der Waals surface area contributed by atoms with Crippen molar-refractivity contribution in [2.45, 2.75) is 65.3 Å². The van der Waals surface area contributed by atoms with E-state index in [1.54, 1.807) is 6.20 Å². The minimum absolute atomic E-state index is 0.279. The van der Waals surface area contributed by atoms with Crippen LogP contribution in [0.5, 0.6) is 5.88 Å². The summed E-state index contributed by atoms with van der Waals surface area (Å²) < 4.78 is 18.7. The van der Waals surface area contributed by atoms with Gasteiger partial charge in [-0.2, -0.15) is 0 Å². The molecular weight excluding hydrogens is 333 g/mol. The van der Waals surface area contributed by atoms with Crippen LogP contribution in [0.1, 0.15) is 48.5 Å². The molecule has 1 fully saturated rings. The lowest BCUT2D eigenvalue weighted by Gasteiger charge is -2.32. The molecule has 0 unspecified atom stereocenters. The second kappa shape index (κ2) is 5.25. The Morgan fingerprint density at radius 3 is 2.10 bits per heavy atom. The van der Waals surface area contributed by atoms with Crippen LogP contribution < -0.4 is 10.2 Å². The number of hydrogen-bond donors (Lipinski definition) is 0. The van der Waals surface area contributed by atoms with Gasteiger partial charge in [0.1, 0.15) is 5.60 Å². The van der Waals surface area contributed by atoms with Crippen molar-refractivity contribution in [3.05, 3.63) is 16.7 Å². The molecule has 0 aliphatic carbocycles. The van der Waals surface area contributed by atoms with Crippen molar-refractivity contribution in [2.24, 2.45) is 0 Å². The zero-order chi connectivity index (χ0) is 16.1. The highest BCUT2D eigenvalue weighted by Crippen LogP contribution is 2.37. The van der Waals surface area contributed by atoms with Crippen LogP contribution >= 0.6 is 15.9 Å². The fourth-order valence-corrected chi connectivity index (χ4v) is 2.42. The van der Waals surface area contributed by atoms with E-state index in [1.807, 2.05) is 54.5 Å². The third-order valence-electron chi connectivity index (χ3n) is 3.77. The average molecular weight is 356 g/mol. The molecule has 2 rings (SSSR count). The predicted molar refractivity (Wildman–Crippen MR) is 88.0 cm³/mol. The summed E-state index contributed by atoms with van der Waals surface area (Å²) in [6, 6.07) is 1.85. The molecule has 2 heterocycles. The largest absolute Gasteiger partial charge is 0.497 e. The van der Waals surface area contributed by atoms with Crippen molar-refractivity contribution in [1.82, 2.24) is 4.98 Å². The summed E-state index contributed by atoms with van der Waals surface area (Å²) in [4.78, 5) is 4.35. The van der Waals surface area contributed by atoms with Crippen molar-refractivity contribution in [3.63, 3.8) is 0 Å². The van der Waals surface area contributed by atoms with Gasteiger partial charge in [0.2, 0.25) is 5.88 Å². The minimum atomic E-state index is -0.430. The van der Waals surface area contributed by atoms with Gasteiger partial charge in [-0.1, -0.05) is 15.9 Å². The Balaban J connectivity index is 2.23. The van der Waals surface area contributed by atoms with Crippen LogP contribution in [-0.4, -0.2) is 28.9 Å². The number of aromatic nitrogens is 1. The summed E-state index contributed by atoms with van der Waals surface area (Å²) >= 11 is 3.56. The SMILES string of the molecule is CC(C)(C)Oc1cc(Br)c(B2OC(C)(C)C(C)(C)O2)cn1. The van der Waals surface area contributed by atoms with Crippen LogP contribution in [0, 0.1) is 0 Å². The highest BCUT2D eigenvalue weighted by Gasteiger charge is 2.52. The second-order valence-corrected chi connectivity index (χ2v) is 8.20. The quantitative estimate of drug-likeness (QED) is 0.763. The van der Waals surface area contributed by atoms with Gasteiger partial charge in [0.05, 0.1) is 11.2 Å². The molecule has 1 aliphatic heterocycles. The molecule has 0 aromatic carbocycles. The van der Waals surface area contributed by atoms with Crippen molar-refractivity contribution in [1.29, 1.82) is 0 Å². The Labute approximate surface area is 135 Å². The molecule has 0 bridgehead atoms. The van der Waals surface area contributed by atoms with Gasteiger partial charge in [0, 0.05) is 22.2 Å². The molecule has 21 heavy (non-hydrogen) atoms. The first-order valence-corrected chi connectivity index (χ1v) is 7.91. The summed E-state index contributed by atoms with van der Waals surface area (Å²) in [6.07, 6.45) is 1.74. The van der Waals surface area contributed by atoms with Crippen LogP contribution in [-0.2, 0) is 9.31 Å². The van der Waals surface area contributed by atoms with Crippen molar-refractivity contribution >= 4 is 28.5 Å². The predicted octanol–water partition coefficient (Wildman–Crippen LogP) is 3.32. The first-order chi connectivity index (χ1) is 9.41. The van der Waals surface area contributed by atoms with Gasteiger partial charge in [0.15, 0.2) is 0 Å². The van der Waals surface area contributed by atoms with Gasteiger partial charge >= 0.3 is 7.12 Å². The molecule has 0 saturated carbocycles. The molecule has 0 spiro atoms. The van der Waals surface area contributed by atoms with Crippen molar-refractivity contribution < 1.29 is 14.0 Å². The normalized spacial score (nSPS) is 20.7. The summed E-state index contributed by atoms with van der Waals surface area (Å²) in [5, 5.41) is 0. The molecule has 6 heteroatoms. The van der Waals surface area contributed by atoms with E-state index in [-0.39, 0.29) is 16.8 Å². The lowest BCUT2D eigenvalue weighted by Crippen LogP contribution is -2.41. The Bertz CT molecular complexity index is 524. The number of hydrogen-bond acceptors (Lipinski definition) is 4. The maximum absolute atomic E-state index is 6.04. The topological polar surface area (TPSA) is 40.6 Å². The van der Waals surface area contributed by atoms with Gasteiger partial charge in [0.25, 0.3) is 0 Å². The Morgan fingerprint density at radius 1 is 1.14 bits per heavy atom. The van der Waals surface area contributed by atoms with Gasteiger partial charge < -0.3 is 14.0 Å². The molecule has 1 saturated heterocycles. The molecule has 0 N–H and O–H groups in total. The van der Waals surface area contributed by atoms with Gasteiger partial charge in [-0.25, -0.2) is 4.98 Å². The smallest absolute Gasteiger partial charge is 0.472 e. The molecular formula is C15H23BBrNO3. The van der Waals surface area contributed by atoms with Crippen LogP contribution in [0.2, 0.25) is 0 Å². The van der Waals surface area contributed by atoms with E-state index in [9.17, 15) is 0 Å². The van der Waals surface area contributed by atoms with E-state index in [0.29, 0.717) is 5.88 Å². The molecule has 1 aliphatic rings. The summed E-state index contributed by atoms with van der Waals surface area (Å²) in [5.74, 6) is 0.578. The van der Waals surface area contributed by atoms with E-state index in [4.69, 9.17) is 14.0 Å². The first kappa shape index (κ1) is 16.8. The van der Waals surface area contributed by atoms with Gasteiger partial charge in [-0.05, 0) is 48.5 Å². The maximum Gasteiger partial charge on any atom is 0.497 e. The third kappa shape index (κ3) is 3.60. The first-order valence-electron chi connectivity index (χ1n) is 7.11. The van der Waals surface area contributed by atoms with E-state index in [2.05, 4.69) is 20.9 Å². The number of halogens is 1. The fourth-order valence-electron chi connectivity index (χ4n) is 1.94. The molecule has 0 amide bonds. The van der Waals surface area contributed by atoms with E-state index in [1.165, 1.54) is 0 Å². The minimum Gasteiger partial charge on any atom is -0.472 e. The zero-order valence-corrected chi connectivity index (χ0v) is 15.4. The lowest BCUT2D eigenvalue weighted by atomic mass is 9.80. The van der Waals surface area contributed by atoms with Gasteiger partial charge in [-0.15, -0.1) is 0 Å². The third-order valence-corrected chi connectivity index (χ3v) is 4.46. The Hall–Kier alpha value is -0.585. The van der Waals surface area contributed by atoms with Crippen molar-refractivity contribution in [3.8, 4) is 5.88 Å². The highest BCUT2D eigenvalue weighted by atomic mass is 79.9. The summed E-state index contributed by atoms with van der Waals surface area (Å²) in [6.45, 7) is 14.1. The highest BCUT2D eigenvalue weighted by molar-refractivity contribution is 9.10. The monoisotopic (exact) mass is 355 g/mol. The van der Waals surface area contributed by atoms with E-state index in [0.717, 1.165) is 9.94 Å². The molecule has 1 aromatic rings. The van der Waals surface area contributed by atoms with Crippen LogP contribution in [0.25, 0.3) is 0 Å². The summed E-state index contributed by atoms with van der Waals surface area (Å²) in [7, 11) is -0.430. The van der Waals surface area contributed by atoms with Crippen LogP contribution in [0.3, 0.4) is 0 Å². The number of pyridine rings is 1. The number of nitrogens with zero attached hydrogens (tertiary/aromatic N) is 1.